The maximum absolute atomic E-state index is 13.8. The lowest BCUT2D eigenvalue weighted by Crippen LogP contribution is -2.01. The molecule has 0 aliphatic rings. The van der Waals surface area contributed by atoms with Crippen molar-refractivity contribution in [2.75, 3.05) is 0 Å². The number of halogens is 2. The first-order chi connectivity index (χ1) is 12.9. The van der Waals surface area contributed by atoms with Gasteiger partial charge in [0.25, 0.3) is 0 Å². The number of sulfone groups is 1. The van der Waals surface area contributed by atoms with E-state index in [9.17, 15) is 17.2 Å². The average Bonchev–Trinajstić information content (AvgIpc) is 2.67. The maximum atomic E-state index is 13.8. The highest BCUT2D eigenvalue weighted by molar-refractivity contribution is 7.91. The molecule has 0 saturated carbocycles. The summed E-state index contributed by atoms with van der Waals surface area (Å²) < 4.78 is 51.8. The van der Waals surface area contributed by atoms with E-state index in [0.29, 0.717) is 5.69 Å². The first kappa shape index (κ1) is 18.8. The highest BCUT2D eigenvalue weighted by Crippen LogP contribution is 2.26. The van der Waals surface area contributed by atoms with Gasteiger partial charge in [-0.1, -0.05) is 24.3 Å². The summed E-state index contributed by atoms with van der Waals surface area (Å²) in [5, 5.41) is 8.03. The van der Waals surface area contributed by atoms with Crippen LogP contribution in [0.25, 0.3) is 0 Å². The number of rotatable bonds is 5. The van der Waals surface area contributed by atoms with E-state index in [2.05, 4.69) is 10.2 Å². The summed E-state index contributed by atoms with van der Waals surface area (Å²) >= 11 is 0. The lowest BCUT2D eigenvalue weighted by atomic mass is 10.1. The molecule has 0 saturated heterocycles. The lowest BCUT2D eigenvalue weighted by Gasteiger charge is -2.07. The van der Waals surface area contributed by atoms with E-state index < -0.39 is 27.5 Å². The van der Waals surface area contributed by atoms with Gasteiger partial charge in [-0.25, -0.2) is 17.2 Å². The van der Waals surface area contributed by atoms with Crippen molar-refractivity contribution in [1.82, 2.24) is 0 Å². The Morgan fingerprint density at radius 1 is 0.852 bits per heavy atom. The molecular weight excluding hydrogens is 370 g/mol. The normalized spacial score (nSPS) is 13.0. The molecule has 0 fully saturated rings. The van der Waals surface area contributed by atoms with Gasteiger partial charge in [0, 0.05) is 11.6 Å². The third-order valence-electron chi connectivity index (χ3n) is 3.96. The van der Waals surface area contributed by atoms with Crippen molar-refractivity contribution >= 4 is 15.5 Å². The lowest BCUT2D eigenvalue weighted by molar-refractivity contribution is 0.559. The minimum atomic E-state index is -3.60. The van der Waals surface area contributed by atoms with Crippen molar-refractivity contribution in [2.45, 2.75) is 22.8 Å². The van der Waals surface area contributed by atoms with Gasteiger partial charge in [0.15, 0.2) is 0 Å². The van der Waals surface area contributed by atoms with Crippen molar-refractivity contribution in [3.8, 4) is 0 Å². The summed E-state index contributed by atoms with van der Waals surface area (Å²) in [5.41, 5.74) is 0.653. The summed E-state index contributed by atoms with van der Waals surface area (Å²) in [6.45, 7) is 1.63. The fourth-order valence-corrected chi connectivity index (χ4v) is 3.77. The largest absolute Gasteiger partial charge is 0.219 e. The SMILES string of the molecule is CC(N=Nc1ccc(S(=O)(=O)c2ccccc2)cc1)c1ccc(F)cc1F. The molecular formula is C20H16F2N2O2S. The van der Waals surface area contributed by atoms with Crippen LogP contribution in [-0.2, 0) is 9.84 Å². The summed E-state index contributed by atoms with van der Waals surface area (Å²) in [7, 11) is -3.60. The second-order valence-electron chi connectivity index (χ2n) is 5.87. The molecule has 0 radical (unpaired) electrons. The Balaban J connectivity index is 1.79. The fraction of sp³-hybridized carbons (Fsp3) is 0.100. The van der Waals surface area contributed by atoms with Gasteiger partial charge in [0.05, 0.1) is 21.5 Å². The van der Waals surface area contributed by atoms with Crippen LogP contribution in [0.3, 0.4) is 0 Å². The summed E-state index contributed by atoms with van der Waals surface area (Å²) in [6.07, 6.45) is 0. The molecule has 0 amide bonds. The summed E-state index contributed by atoms with van der Waals surface area (Å²) in [5.74, 6) is -1.35. The molecule has 0 heterocycles. The van der Waals surface area contributed by atoms with Crippen LogP contribution in [0.5, 0.6) is 0 Å². The van der Waals surface area contributed by atoms with E-state index in [1.54, 1.807) is 25.1 Å². The molecule has 3 rings (SSSR count). The van der Waals surface area contributed by atoms with Crippen LogP contribution in [0, 0.1) is 11.6 Å². The van der Waals surface area contributed by atoms with Gasteiger partial charge in [-0.2, -0.15) is 10.2 Å². The van der Waals surface area contributed by atoms with Crippen molar-refractivity contribution in [3.63, 3.8) is 0 Å². The Bertz CT molecular complexity index is 1070. The number of azo groups is 1. The van der Waals surface area contributed by atoms with E-state index in [4.69, 9.17) is 0 Å². The molecule has 0 aliphatic carbocycles. The Kier molecular flexibility index (Phi) is 5.41. The monoisotopic (exact) mass is 386 g/mol. The zero-order valence-electron chi connectivity index (χ0n) is 14.4. The molecule has 7 heteroatoms. The van der Waals surface area contributed by atoms with E-state index in [1.165, 1.54) is 42.5 Å². The van der Waals surface area contributed by atoms with Gasteiger partial charge >= 0.3 is 0 Å². The minimum Gasteiger partial charge on any atom is -0.219 e. The first-order valence-electron chi connectivity index (χ1n) is 8.14. The number of nitrogens with zero attached hydrogens (tertiary/aromatic N) is 2. The highest BCUT2D eigenvalue weighted by atomic mass is 32.2. The predicted molar refractivity (Wildman–Crippen MR) is 97.6 cm³/mol. The number of hydrogen-bond acceptors (Lipinski definition) is 4. The number of hydrogen-bond donors (Lipinski definition) is 0. The molecule has 0 spiro atoms. The van der Waals surface area contributed by atoms with E-state index in [-0.39, 0.29) is 15.4 Å². The van der Waals surface area contributed by atoms with Crippen molar-refractivity contribution < 1.29 is 17.2 Å². The zero-order valence-corrected chi connectivity index (χ0v) is 15.2. The smallest absolute Gasteiger partial charge is 0.206 e. The summed E-state index contributed by atoms with van der Waals surface area (Å²) in [6, 6.07) is 16.7. The van der Waals surface area contributed by atoms with Gasteiger partial charge in [0.1, 0.15) is 11.6 Å². The Labute approximate surface area is 156 Å². The van der Waals surface area contributed by atoms with Crippen LogP contribution in [0.1, 0.15) is 18.5 Å². The quantitative estimate of drug-likeness (QED) is 0.533. The number of benzene rings is 3. The molecule has 3 aromatic rings. The van der Waals surface area contributed by atoms with Crippen LogP contribution in [0.15, 0.2) is 92.8 Å². The third kappa shape index (κ3) is 4.25. The zero-order chi connectivity index (χ0) is 19.4. The molecule has 3 aromatic carbocycles. The van der Waals surface area contributed by atoms with Crippen molar-refractivity contribution in [2.24, 2.45) is 10.2 Å². The van der Waals surface area contributed by atoms with Gasteiger partial charge < -0.3 is 0 Å². The molecule has 27 heavy (non-hydrogen) atoms. The predicted octanol–water partition coefficient (Wildman–Crippen LogP) is 5.64. The average molecular weight is 386 g/mol. The van der Waals surface area contributed by atoms with Gasteiger partial charge in [-0.3, -0.25) is 0 Å². The van der Waals surface area contributed by atoms with Crippen LogP contribution < -0.4 is 0 Å². The molecule has 0 aliphatic heterocycles. The Morgan fingerprint density at radius 2 is 1.48 bits per heavy atom. The minimum absolute atomic E-state index is 0.144. The Morgan fingerprint density at radius 3 is 2.11 bits per heavy atom. The Hall–Kier alpha value is -2.93. The summed E-state index contributed by atoms with van der Waals surface area (Å²) in [4.78, 5) is 0.352. The first-order valence-corrected chi connectivity index (χ1v) is 9.62. The van der Waals surface area contributed by atoms with Crippen molar-refractivity contribution in [1.29, 1.82) is 0 Å². The molecule has 138 valence electrons. The van der Waals surface area contributed by atoms with Gasteiger partial charge in [-0.15, -0.1) is 0 Å². The highest BCUT2D eigenvalue weighted by Gasteiger charge is 2.17. The van der Waals surface area contributed by atoms with Crippen LogP contribution >= 0.6 is 0 Å². The van der Waals surface area contributed by atoms with Crippen LogP contribution in [0.4, 0.5) is 14.5 Å². The molecule has 0 bridgehead atoms. The molecule has 4 nitrogen and oxygen atoms in total. The second-order valence-corrected chi connectivity index (χ2v) is 7.82. The molecule has 1 unspecified atom stereocenters. The fourth-order valence-electron chi connectivity index (χ4n) is 2.48. The third-order valence-corrected chi connectivity index (χ3v) is 5.75. The van der Waals surface area contributed by atoms with Crippen LogP contribution in [-0.4, -0.2) is 8.42 Å². The molecule has 1 atom stereocenters. The van der Waals surface area contributed by atoms with Crippen LogP contribution in [0.2, 0.25) is 0 Å². The topological polar surface area (TPSA) is 58.9 Å². The molecule has 0 N–H and O–H groups in total. The maximum Gasteiger partial charge on any atom is 0.206 e. The second kappa shape index (κ2) is 7.75. The van der Waals surface area contributed by atoms with E-state index in [1.807, 2.05) is 0 Å². The standard InChI is InChI=1S/C20H16F2N2O2S/c1-14(19-12-7-15(21)13-20(19)22)23-24-16-8-10-18(11-9-16)27(25,26)17-5-3-2-4-6-17/h2-14H,1H3. The van der Waals surface area contributed by atoms with Crippen molar-refractivity contribution in [3.05, 3.63) is 90.0 Å². The molecule has 0 aromatic heterocycles. The van der Waals surface area contributed by atoms with E-state index >= 15 is 0 Å². The van der Waals surface area contributed by atoms with E-state index in [0.717, 1.165) is 12.1 Å². The van der Waals surface area contributed by atoms with Gasteiger partial charge in [0.2, 0.25) is 9.84 Å². The van der Waals surface area contributed by atoms with Gasteiger partial charge in [-0.05, 0) is 49.4 Å².